The van der Waals surface area contributed by atoms with Crippen molar-refractivity contribution in [3.63, 3.8) is 0 Å². The van der Waals surface area contributed by atoms with Crippen molar-refractivity contribution < 1.29 is 19.2 Å². The molecule has 1 saturated carbocycles. The third-order valence-corrected chi connectivity index (χ3v) is 7.35. The number of benzene rings is 1. The Labute approximate surface area is 204 Å². The summed E-state index contributed by atoms with van der Waals surface area (Å²) in [6, 6.07) is 9.42. The Balaban J connectivity index is 1.53. The van der Waals surface area contributed by atoms with Gasteiger partial charge in [0.2, 0.25) is 0 Å². The maximum Gasteiger partial charge on any atom is 0.311 e. The second-order valence-electron chi connectivity index (χ2n) is 9.66. The highest BCUT2D eigenvalue weighted by Crippen LogP contribution is 2.47. The monoisotopic (exact) mass is 472 g/mol. The van der Waals surface area contributed by atoms with Gasteiger partial charge in [-0.2, -0.15) is 5.26 Å². The summed E-state index contributed by atoms with van der Waals surface area (Å²) in [6.45, 7) is 4.54. The van der Waals surface area contributed by atoms with Crippen molar-refractivity contribution in [2.75, 3.05) is 20.1 Å². The van der Waals surface area contributed by atoms with E-state index in [0.29, 0.717) is 44.3 Å². The highest BCUT2D eigenvalue weighted by atomic mass is 16.2. The molecule has 2 heterocycles. The smallest absolute Gasteiger partial charge is 0.311 e. The third-order valence-electron chi connectivity index (χ3n) is 7.35. The van der Waals surface area contributed by atoms with Gasteiger partial charge in [-0.15, -0.1) is 0 Å². The van der Waals surface area contributed by atoms with Crippen LogP contribution in [-0.2, 0) is 19.2 Å². The van der Waals surface area contributed by atoms with Gasteiger partial charge >= 0.3 is 11.8 Å². The predicted molar refractivity (Wildman–Crippen MR) is 128 cm³/mol. The molecule has 180 valence electrons. The summed E-state index contributed by atoms with van der Waals surface area (Å²) in [4.78, 5) is 56.4. The van der Waals surface area contributed by atoms with Crippen molar-refractivity contribution in [2.45, 2.75) is 45.4 Å². The Hall–Kier alpha value is -3.86. The molecule has 8 nitrogen and oxygen atoms in total. The Kier molecular flexibility index (Phi) is 6.53. The standard InChI is InChI=1S/C27H28N4O4/c1-16-10-19(20-5-4-18(14-28)15-30-20)11-17(2)23(16)24-21(32)12-27(13-22(24)33)6-8-31(9-7-27)26(35)25(34)29-3/h4-5,10-11,15,24H,6-9,12-13H2,1-3H3,(H,29,34). The molecule has 1 aromatic heterocycles. The number of Topliss-reactive ketones (excluding diaryl/α,β-unsaturated/α-hetero) is 2. The first-order valence-corrected chi connectivity index (χ1v) is 11.7. The quantitative estimate of drug-likeness (QED) is 0.530. The van der Waals surface area contributed by atoms with Crippen LogP contribution in [0.1, 0.15) is 53.9 Å². The number of ketones is 2. The number of hydrogen-bond donors (Lipinski definition) is 1. The lowest BCUT2D eigenvalue weighted by molar-refractivity contribution is -0.148. The van der Waals surface area contributed by atoms with Gasteiger partial charge in [-0.1, -0.05) is 0 Å². The minimum atomic E-state index is -0.783. The Morgan fingerprint density at radius 2 is 1.69 bits per heavy atom. The maximum absolute atomic E-state index is 13.4. The van der Waals surface area contributed by atoms with Crippen LogP contribution in [0.5, 0.6) is 0 Å². The van der Waals surface area contributed by atoms with Gasteiger partial charge in [0.15, 0.2) is 0 Å². The van der Waals surface area contributed by atoms with E-state index >= 15 is 0 Å². The third kappa shape index (κ3) is 4.59. The summed E-state index contributed by atoms with van der Waals surface area (Å²) in [5.41, 5.74) is 4.11. The van der Waals surface area contributed by atoms with Crippen molar-refractivity contribution in [3.05, 3.63) is 52.7 Å². The van der Waals surface area contributed by atoms with Gasteiger partial charge in [0.25, 0.3) is 0 Å². The number of likely N-dealkylation sites (tertiary alicyclic amines) is 1. The van der Waals surface area contributed by atoms with Crippen LogP contribution in [0.4, 0.5) is 0 Å². The predicted octanol–water partition coefficient (Wildman–Crippen LogP) is 2.61. The summed E-state index contributed by atoms with van der Waals surface area (Å²) in [6.07, 6.45) is 3.17. The lowest BCUT2D eigenvalue weighted by atomic mass is 9.62. The number of rotatable bonds is 2. The van der Waals surface area contributed by atoms with Crippen LogP contribution in [0, 0.1) is 30.6 Å². The molecule has 2 aliphatic rings. The highest BCUT2D eigenvalue weighted by Gasteiger charge is 2.48. The fraction of sp³-hybridized carbons (Fsp3) is 0.407. The summed E-state index contributed by atoms with van der Waals surface area (Å²) in [5, 5.41) is 11.3. The van der Waals surface area contributed by atoms with Crippen LogP contribution in [0.15, 0.2) is 30.5 Å². The van der Waals surface area contributed by atoms with E-state index in [2.05, 4.69) is 16.4 Å². The van der Waals surface area contributed by atoms with Crippen LogP contribution in [0.2, 0.25) is 0 Å². The lowest BCUT2D eigenvalue weighted by Crippen LogP contribution is -2.51. The topological polar surface area (TPSA) is 120 Å². The Bertz CT molecular complexity index is 1210. The van der Waals surface area contributed by atoms with Gasteiger partial charge in [-0.3, -0.25) is 24.2 Å². The molecule has 1 aliphatic heterocycles. The number of nitrogens with one attached hydrogen (secondary N) is 1. The molecular formula is C27H28N4O4. The molecule has 1 N–H and O–H groups in total. The number of aromatic nitrogens is 1. The van der Waals surface area contributed by atoms with E-state index in [1.165, 1.54) is 18.1 Å². The number of carbonyl (C=O) groups excluding carboxylic acids is 4. The summed E-state index contributed by atoms with van der Waals surface area (Å²) < 4.78 is 0. The number of carbonyl (C=O) groups is 4. The van der Waals surface area contributed by atoms with E-state index in [9.17, 15) is 19.2 Å². The normalized spacial score (nSPS) is 17.8. The van der Waals surface area contributed by atoms with Gasteiger partial charge in [0.05, 0.1) is 11.3 Å². The molecule has 0 unspecified atom stereocenters. The molecular weight excluding hydrogens is 444 g/mol. The largest absolute Gasteiger partial charge is 0.351 e. The minimum absolute atomic E-state index is 0.0808. The number of likely N-dealkylation sites (N-methyl/N-ethyl adjacent to an activating group) is 1. The fourth-order valence-electron chi connectivity index (χ4n) is 5.50. The zero-order valence-electron chi connectivity index (χ0n) is 20.2. The summed E-state index contributed by atoms with van der Waals surface area (Å²) >= 11 is 0. The molecule has 1 aliphatic carbocycles. The molecule has 35 heavy (non-hydrogen) atoms. The molecule has 1 saturated heterocycles. The number of piperidine rings is 1. The van der Waals surface area contributed by atoms with Crippen LogP contribution in [0.3, 0.4) is 0 Å². The van der Waals surface area contributed by atoms with Gasteiger partial charge in [-0.25, -0.2) is 0 Å². The lowest BCUT2D eigenvalue weighted by Gasteiger charge is -2.44. The van der Waals surface area contributed by atoms with Crippen molar-refractivity contribution in [2.24, 2.45) is 5.41 Å². The Morgan fingerprint density at radius 3 is 2.17 bits per heavy atom. The Morgan fingerprint density at radius 1 is 1.09 bits per heavy atom. The maximum atomic E-state index is 13.4. The number of hydrogen-bond acceptors (Lipinski definition) is 6. The first-order chi connectivity index (χ1) is 16.7. The van der Waals surface area contributed by atoms with Crippen LogP contribution >= 0.6 is 0 Å². The van der Waals surface area contributed by atoms with E-state index in [1.807, 2.05) is 26.0 Å². The summed E-state index contributed by atoms with van der Waals surface area (Å²) in [7, 11) is 1.42. The van der Waals surface area contributed by atoms with Crippen molar-refractivity contribution in [3.8, 4) is 17.3 Å². The van der Waals surface area contributed by atoms with Crippen molar-refractivity contribution in [1.82, 2.24) is 15.2 Å². The van der Waals surface area contributed by atoms with Crippen LogP contribution < -0.4 is 5.32 Å². The van der Waals surface area contributed by atoms with Gasteiger partial charge in [0.1, 0.15) is 23.6 Å². The summed E-state index contributed by atoms with van der Waals surface area (Å²) in [5.74, 6) is -2.17. The first kappa shape index (κ1) is 24.3. The second kappa shape index (κ2) is 9.41. The molecule has 0 atom stereocenters. The average Bonchev–Trinajstić information content (AvgIpc) is 2.84. The van der Waals surface area contributed by atoms with E-state index < -0.39 is 23.1 Å². The molecule has 2 fully saturated rings. The number of nitriles is 1. The molecule has 8 heteroatoms. The molecule has 1 aromatic carbocycles. The van der Waals surface area contributed by atoms with E-state index in [4.69, 9.17) is 5.26 Å². The minimum Gasteiger partial charge on any atom is -0.351 e. The number of amides is 2. The molecule has 0 radical (unpaired) electrons. The van der Waals surface area contributed by atoms with Crippen molar-refractivity contribution >= 4 is 23.4 Å². The number of nitrogens with zero attached hydrogens (tertiary/aromatic N) is 3. The van der Waals surface area contributed by atoms with Gasteiger partial charge < -0.3 is 10.2 Å². The van der Waals surface area contributed by atoms with E-state index in [0.717, 1.165) is 27.9 Å². The highest BCUT2D eigenvalue weighted by molar-refractivity contribution is 6.34. The average molecular weight is 473 g/mol. The fourth-order valence-corrected chi connectivity index (χ4v) is 5.50. The first-order valence-electron chi connectivity index (χ1n) is 11.7. The number of aryl methyl sites for hydroxylation is 2. The van der Waals surface area contributed by atoms with Gasteiger partial charge in [0, 0.05) is 44.7 Å². The molecule has 1 spiro atoms. The van der Waals surface area contributed by atoms with Crippen molar-refractivity contribution in [1.29, 1.82) is 5.26 Å². The van der Waals surface area contributed by atoms with Gasteiger partial charge in [-0.05, 0) is 73.1 Å². The molecule has 0 bridgehead atoms. The molecule has 2 aromatic rings. The zero-order chi connectivity index (χ0) is 25.3. The van der Waals surface area contributed by atoms with Crippen LogP contribution in [-0.4, -0.2) is 53.4 Å². The number of pyridine rings is 1. The molecule has 2 amide bonds. The zero-order valence-corrected chi connectivity index (χ0v) is 20.2. The second-order valence-corrected chi connectivity index (χ2v) is 9.66. The van der Waals surface area contributed by atoms with E-state index in [-0.39, 0.29) is 11.6 Å². The SMILES string of the molecule is CNC(=O)C(=O)N1CCC2(CC1)CC(=O)C(c1c(C)cc(-c3ccc(C#N)cn3)cc1C)C(=O)C2. The van der Waals surface area contributed by atoms with Crippen LogP contribution in [0.25, 0.3) is 11.3 Å². The van der Waals surface area contributed by atoms with E-state index in [1.54, 1.807) is 12.1 Å². The molecule has 4 rings (SSSR count).